The van der Waals surface area contributed by atoms with Crippen LogP contribution in [0.1, 0.15) is 134 Å². The van der Waals surface area contributed by atoms with Crippen LogP contribution >= 0.6 is 0 Å². The lowest BCUT2D eigenvalue weighted by atomic mass is 10.0. The van der Waals surface area contributed by atoms with Crippen LogP contribution in [0.5, 0.6) is 0 Å². The molecule has 2 aromatic rings. The van der Waals surface area contributed by atoms with Gasteiger partial charge >= 0.3 is 0 Å². The molecule has 0 saturated carbocycles. The maximum atomic E-state index is 2.57. The van der Waals surface area contributed by atoms with Crippen LogP contribution < -0.4 is 4.57 Å². The number of imidazole rings is 1. The van der Waals surface area contributed by atoms with Crippen molar-refractivity contribution in [3.8, 4) is 0 Å². The smallest absolute Gasteiger partial charge is 0.234 e. The highest BCUT2D eigenvalue weighted by Crippen LogP contribution is 2.13. The molecule has 0 aliphatic rings. The number of hydrogen-bond donors (Lipinski definition) is 0. The van der Waals surface area contributed by atoms with Crippen LogP contribution in [0.15, 0.2) is 42.7 Å². The number of aryl methyl sites for hydroxylation is 3. The number of hydrogen-bond acceptors (Lipinski definition) is 0. The minimum atomic E-state index is 1.14. The number of unbranched alkanes of at least 4 members (excludes halogenated alkanes) is 14. The van der Waals surface area contributed by atoms with Crippen molar-refractivity contribution in [3.63, 3.8) is 0 Å². The molecule has 0 bridgehead atoms. The summed E-state index contributed by atoms with van der Waals surface area (Å²) in [7, 11) is 0. The fourth-order valence-corrected chi connectivity index (χ4v) is 5.12. The van der Waals surface area contributed by atoms with Crippen molar-refractivity contribution in [2.45, 2.75) is 149 Å². The number of rotatable bonds is 22. The molecule has 0 aliphatic carbocycles. The first kappa shape index (κ1) is 28.7. The quantitative estimate of drug-likeness (QED) is 0.120. The van der Waals surface area contributed by atoms with Crippen molar-refractivity contribution in [2.75, 3.05) is 0 Å². The highest BCUT2D eigenvalue weighted by atomic mass is 15.1. The van der Waals surface area contributed by atoms with E-state index in [0.29, 0.717) is 0 Å². The normalized spacial score (nSPS) is 11.4. The Kier molecular flexibility index (Phi) is 16.6. The maximum Gasteiger partial charge on any atom is 0.256 e. The Bertz CT molecular complexity index is 703. The van der Waals surface area contributed by atoms with E-state index in [4.69, 9.17) is 0 Å². The Labute approximate surface area is 212 Å². The van der Waals surface area contributed by atoms with Gasteiger partial charge in [0.15, 0.2) is 0 Å². The van der Waals surface area contributed by atoms with E-state index in [1.807, 2.05) is 0 Å². The molecule has 0 saturated heterocycles. The number of aromatic nitrogens is 2. The highest BCUT2D eigenvalue weighted by molar-refractivity contribution is 5.14. The molecule has 0 radical (unpaired) electrons. The molecule has 0 N–H and O–H groups in total. The van der Waals surface area contributed by atoms with E-state index in [9.17, 15) is 0 Å². The molecule has 2 nitrogen and oxygen atoms in total. The number of benzene rings is 1. The first-order valence-corrected chi connectivity index (χ1v) is 15.0. The molecule has 0 fully saturated rings. The Morgan fingerprint density at radius 1 is 0.588 bits per heavy atom. The molecule has 2 rings (SSSR count). The predicted octanol–water partition coefficient (Wildman–Crippen LogP) is 9.23. The van der Waals surface area contributed by atoms with Gasteiger partial charge in [0.2, 0.25) is 0 Å². The lowest BCUT2D eigenvalue weighted by Crippen LogP contribution is -2.37. The molecule has 1 aromatic heterocycles. The van der Waals surface area contributed by atoms with Gasteiger partial charge in [-0.3, -0.25) is 0 Å². The molecule has 0 amide bonds. The summed E-state index contributed by atoms with van der Waals surface area (Å²) in [5.41, 5.74) is 1.46. The summed E-state index contributed by atoms with van der Waals surface area (Å²) >= 11 is 0. The Morgan fingerprint density at radius 2 is 1.15 bits per heavy atom. The van der Waals surface area contributed by atoms with Crippen LogP contribution in [0.3, 0.4) is 0 Å². The average molecular weight is 468 g/mol. The molecule has 2 heteroatoms. The molecule has 0 unspecified atom stereocenters. The second kappa shape index (κ2) is 19.7. The summed E-state index contributed by atoms with van der Waals surface area (Å²) in [6, 6.07) is 10.9. The Balaban J connectivity index is 1.61. The van der Waals surface area contributed by atoms with Crippen LogP contribution in [-0.2, 0) is 25.9 Å². The Morgan fingerprint density at radius 3 is 1.76 bits per heavy atom. The van der Waals surface area contributed by atoms with Crippen LogP contribution in [0.2, 0.25) is 0 Å². The van der Waals surface area contributed by atoms with E-state index in [2.05, 4.69) is 65.7 Å². The van der Waals surface area contributed by atoms with Crippen LogP contribution in [-0.4, -0.2) is 4.57 Å². The summed E-state index contributed by atoms with van der Waals surface area (Å²) in [6.07, 6.45) is 30.8. The van der Waals surface area contributed by atoms with Crippen molar-refractivity contribution >= 4 is 0 Å². The molecular formula is C32H55N2+. The number of nitrogens with zero attached hydrogens (tertiary/aromatic N) is 2. The first-order chi connectivity index (χ1) is 16.8. The van der Waals surface area contributed by atoms with E-state index in [-0.39, 0.29) is 0 Å². The van der Waals surface area contributed by atoms with Crippen LogP contribution in [0.4, 0.5) is 0 Å². The van der Waals surface area contributed by atoms with E-state index in [1.54, 1.807) is 5.82 Å². The minimum Gasteiger partial charge on any atom is -0.234 e. The van der Waals surface area contributed by atoms with Gasteiger partial charge in [-0.05, 0) is 37.7 Å². The van der Waals surface area contributed by atoms with Gasteiger partial charge in [0.25, 0.3) is 5.82 Å². The zero-order valence-corrected chi connectivity index (χ0v) is 22.8. The van der Waals surface area contributed by atoms with Gasteiger partial charge < -0.3 is 0 Å². The van der Waals surface area contributed by atoms with Crippen molar-refractivity contribution in [1.29, 1.82) is 0 Å². The lowest BCUT2D eigenvalue weighted by molar-refractivity contribution is -0.704. The second-order valence-electron chi connectivity index (χ2n) is 10.4. The SMILES string of the molecule is CCCCCCCCCCCCCCCn1cc[n+](CCCc2ccccc2)c1CCCCC. The maximum absolute atomic E-state index is 2.57. The van der Waals surface area contributed by atoms with Gasteiger partial charge in [-0.1, -0.05) is 128 Å². The van der Waals surface area contributed by atoms with Crippen molar-refractivity contribution in [2.24, 2.45) is 0 Å². The van der Waals surface area contributed by atoms with E-state index in [1.165, 1.54) is 134 Å². The van der Waals surface area contributed by atoms with Crippen LogP contribution in [0, 0.1) is 0 Å². The molecule has 192 valence electrons. The lowest BCUT2D eigenvalue weighted by Gasteiger charge is -2.06. The van der Waals surface area contributed by atoms with Gasteiger partial charge in [-0.15, -0.1) is 0 Å². The predicted molar refractivity (Wildman–Crippen MR) is 148 cm³/mol. The van der Waals surface area contributed by atoms with E-state index >= 15 is 0 Å². The largest absolute Gasteiger partial charge is 0.256 e. The van der Waals surface area contributed by atoms with Crippen molar-refractivity contribution in [1.82, 2.24) is 4.57 Å². The monoisotopic (exact) mass is 467 g/mol. The molecule has 0 spiro atoms. The summed E-state index contributed by atoms with van der Waals surface area (Å²) < 4.78 is 5.11. The topological polar surface area (TPSA) is 8.81 Å². The first-order valence-electron chi connectivity index (χ1n) is 15.0. The molecule has 1 aromatic carbocycles. The fourth-order valence-electron chi connectivity index (χ4n) is 5.12. The molecular weight excluding hydrogens is 412 g/mol. The molecule has 1 heterocycles. The molecule has 0 aliphatic heterocycles. The van der Waals surface area contributed by atoms with Gasteiger partial charge in [0.05, 0.1) is 13.1 Å². The van der Waals surface area contributed by atoms with Crippen molar-refractivity contribution in [3.05, 3.63) is 54.1 Å². The highest BCUT2D eigenvalue weighted by Gasteiger charge is 2.16. The fraction of sp³-hybridized carbons (Fsp3) is 0.719. The summed E-state index contributed by atoms with van der Waals surface area (Å²) in [6.45, 7) is 6.95. The zero-order valence-electron chi connectivity index (χ0n) is 22.8. The van der Waals surface area contributed by atoms with Gasteiger partial charge in [0.1, 0.15) is 12.4 Å². The minimum absolute atomic E-state index is 1.14. The third kappa shape index (κ3) is 12.8. The van der Waals surface area contributed by atoms with Gasteiger partial charge in [-0.25, -0.2) is 9.13 Å². The standard InChI is InChI=1S/C32H55N2/c1-3-5-7-8-9-10-11-12-13-14-15-16-21-27-33-29-30-34(32(33)26-18-6-4-2)28-22-25-31-23-19-17-20-24-31/h17,19-20,23-24,29-30H,3-16,18,21-22,25-28H2,1-2H3/q+1. The van der Waals surface area contributed by atoms with Crippen molar-refractivity contribution < 1.29 is 4.57 Å². The summed E-state index contributed by atoms with van der Waals surface area (Å²) in [5.74, 6) is 1.56. The zero-order chi connectivity index (χ0) is 24.1. The van der Waals surface area contributed by atoms with E-state index < -0.39 is 0 Å². The molecule has 34 heavy (non-hydrogen) atoms. The summed E-state index contributed by atoms with van der Waals surface area (Å²) in [4.78, 5) is 0. The average Bonchev–Trinajstić information content (AvgIpc) is 3.24. The summed E-state index contributed by atoms with van der Waals surface area (Å²) in [5, 5.41) is 0. The van der Waals surface area contributed by atoms with Gasteiger partial charge in [-0.2, -0.15) is 0 Å². The Hall–Kier alpha value is -1.57. The third-order valence-corrected chi connectivity index (χ3v) is 7.30. The third-order valence-electron chi connectivity index (χ3n) is 7.30. The van der Waals surface area contributed by atoms with Gasteiger partial charge in [0, 0.05) is 6.42 Å². The van der Waals surface area contributed by atoms with Crippen LogP contribution in [0.25, 0.3) is 0 Å². The van der Waals surface area contributed by atoms with E-state index in [0.717, 1.165) is 6.54 Å². The molecule has 0 atom stereocenters. The second-order valence-corrected chi connectivity index (χ2v) is 10.4.